The molecule has 0 fully saturated rings. The number of hydrogen-bond donors (Lipinski definition) is 2. The van der Waals surface area contributed by atoms with Gasteiger partial charge in [0.15, 0.2) is 5.65 Å². The Bertz CT molecular complexity index is 1380. The number of rotatable bonds is 6. The van der Waals surface area contributed by atoms with E-state index in [0.29, 0.717) is 22.8 Å². The van der Waals surface area contributed by atoms with Crippen molar-refractivity contribution < 1.29 is 9.53 Å². The van der Waals surface area contributed by atoms with Gasteiger partial charge in [-0.3, -0.25) is 14.2 Å². The largest absolute Gasteiger partial charge is 0.495 e. The molecule has 1 atom stereocenters. The van der Waals surface area contributed by atoms with Crippen molar-refractivity contribution in [1.29, 1.82) is 0 Å². The smallest absolute Gasteiger partial charge is 0.221 e. The molecule has 0 spiro atoms. The monoisotopic (exact) mass is 442 g/mol. The van der Waals surface area contributed by atoms with Crippen LogP contribution in [0.15, 0.2) is 60.2 Å². The Morgan fingerprint density at radius 2 is 2.12 bits per heavy atom. The van der Waals surface area contributed by atoms with Crippen molar-refractivity contribution in [2.45, 2.75) is 25.8 Å². The predicted molar refractivity (Wildman–Crippen MR) is 126 cm³/mol. The molecule has 2 heterocycles. The van der Waals surface area contributed by atoms with E-state index in [4.69, 9.17) is 9.72 Å². The molecule has 4 aromatic rings. The number of fused-ring (bicyclic) bond motifs is 2. The second-order valence-electron chi connectivity index (χ2n) is 7.91. The van der Waals surface area contributed by atoms with Gasteiger partial charge in [0.05, 0.1) is 19.0 Å². The molecule has 166 valence electrons. The van der Waals surface area contributed by atoms with E-state index in [1.165, 1.54) is 6.92 Å². The number of nitroso groups, excluding NO2 is 1. The van der Waals surface area contributed by atoms with Crippen LogP contribution in [-0.4, -0.2) is 27.4 Å². The topological polar surface area (TPSA) is 110 Å². The summed E-state index contributed by atoms with van der Waals surface area (Å²) in [5, 5.41) is 9.54. The number of carbonyl (C=O) groups is 1. The molecule has 0 saturated heterocycles. The number of nitrogens with zero attached hydrogens (tertiary/aromatic N) is 4. The molecule has 1 aliphatic carbocycles. The lowest BCUT2D eigenvalue weighted by Crippen LogP contribution is -2.07. The minimum absolute atomic E-state index is 0.191. The van der Waals surface area contributed by atoms with Crippen LogP contribution in [0.1, 0.15) is 30.5 Å². The molecule has 33 heavy (non-hydrogen) atoms. The number of aromatic nitrogens is 3. The summed E-state index contributed by atoms with van der Waals surface area (Å²) >= 11 is 0. The molecule has 9 heteroatoms. The lowest BCUT2D eigenvalue weighted by atomic mass is 10.1. The van der Waals surface area contributed by atoms with Gasteiger partial charge in [-0.25, -0.2) is 4.98 Å². The third kappa shape index (κ3) is 3.78. The normalized spacial score (nSPS) is 14.7. The van der Waals surface area contributed by atoms with Crippen LogP contribution in [-0.2, 0) is 11.2 Å². The van der Waals surface area contributed by atoms with Gasteiger partial charge in [0, 0.05) is 30.6 Å². The first-order chi connectivity index (χ1) is 16.1. The second kappa shape index (κ2) is 8.34. The zero-order chi connectivity index (χ0) is 22.9. The first-order valence-corrected chi connectivity index (χ1v) is 10.6. The molecule has 5 rings (SSSR count). The van der Waals surface area contributed by atoms with Crippen molar-refractivity contribution >= 4 is 28.7 Å². The minimum atomic E-state index is -0.266. The highest BCUT2D eigenvalue weighted by molar-refractivity contribution is 5.92. The van der Waals surface area contributed by atoms with Gasteiger partial charge in [-0.15, -0.1) is 0 Å². The number of nitrogens with one attached hydrogen (secondary N) is 2. The molecule has 2 aromatic heterocycles. The molecular weight excluding hydrogens is 420 g/mol. The van der Waals surface area contributed by atoms with Crippen molar-refractivity contribution in [1.82, 2.24) is 14.4 Å². The van der Waals surface area contributed by atoms with Crippen LogP contribution in [0.5, 0.6) is 5.75 Å². The van der Waals surface area contributed by atoms with E-state index in [1.54, 1.807) is 25.6 Å². The number of aryl methyl sites for hydroxylation is 1. The lowest BCUT2D eigenvalue weighted by Gasteiger charge is -2.13. The third-order valence-corrected chi connectivity index (χ3v) is 5.79. The van der Waals surface area contributed by atoms with Crippen LogP contribution in [0.3, 0.4) is 0 Å². The van der Waals surface area contributed by atoms with E-state index in [0.717, 1.165) is 41.0 Å². The Labute approximate surface area is 189 Å². The summed E-state index contributed by atoms with van der Waals surface area (Å²) in [7, 11) is 1.56. The van der Waals surface area contributed by atoms with Gasteiger partial charge in [0.1, 0.15) is 23.3 Å². The van der Waals surface area contributed by atoms with E-state index in [9.17, 15) is 9.70 Å². The molecule has 1 aliphatic rings. The van der Waals surface area contributed by atoms with E-state index < -0.39 is 0 Å². The van der Waals surface area contributed by atoms with E-state index in [1.807, 2.05) is 34.9 Å². The van der Waals surface area contributed by atoms with Gasteiger partial charge in [-0.05, 0) is 54.3 Å². The highest BCUT2D eigenvalue weighted by atomic mass is 16.5. The van der Waals surface area contributed by atoms with Gasteiger partial charge < -0.3 is 15.4 Å². The van der Waals surface area contributed by atoms with Gasteiger partial charge in [0.2, 0.25) is 5.91 Å². The number of benzene rings is 2. The van der Waals surface area contributed by atoms with Crippen LogP contribution in [0.4, 0.5) is 17.2 Å². The van der Waals surface area contributed by atoms with Gasteiger partial charge in [-0.1, -0.05) is 11.2 Å². The zero-order valence-corrected chi connectivity index (χ0v) is 18.2. The fraction of sp³-hybridized carbons (Fsp3) is 0.208. The summed E-state index contributed by atoms with van der Waals surface area (Å²) < 4.78 is 7.31. The minimum Gasteiger partial charge on any atom is -0.495 e. The van der Waals surface area contributed by atoms with Gasteiger partial charge in [0.25, 0.3) is 0 Å². The number of ether oxygens (including phenoxy) is 1. The third-order valence-electron chi connectivity index (χ3n) is 5.79. The van der Waals surface area contributed by atoms with Crippen molar-refractivity contribution in [3.63, 3.8) is 0 Å². The SMILES string of the molecule is COc1ccc(-c2nc3cnccn3c2Nc2ccc3c(c2)CCC3N=O)cc1NC(C)=O. The van der Waals surface area contributed by atoms with Gasteiger partial charge in [-0.2, -0.15) is 4.91 Å². The lowest BCUT2D eigenvalue weighted by molar-refractivity contribution is -0.114. The fourth-order valence-electron chi connectivity index (χ4n) is 4.29. The standard InChI is InChI=1S/C24H22N6O3/c1-14(31)26-20-12-16(4-8-21(20)33-2)23-24(30-10-9-25-13-22(30)28-23)27-17-5-6-18-15(11-17)3-7-19(18)29-32/h4-6,8-13,19,27H,3,7H2,1-2H3,(H,26,31). The highest BCUT2D eigenvalue weighted by Gasteiger charge is 2.24. The van der Waals surface area contributed by atoms with Crippen molar-refractivity contribution in [3.05, 3.63) is 71.0 Å². The number of carbonyl (C=O) groups excluding carboxylic acids is 1. The molecule has 9 nitrogen and oxygen atoms in total. The van der Waals surface area contributed by atoms with Crippen LogP contribution >= 0.6 is 0 Å². The molecular formula is C24H22N6O3. The average Bonchev–Trinajstić information content (AvgIpc) is 3.40. The van der Waals surface area contributed by atoms with Crippen molar-refractivity contribution in [2.24, 2.45) is 5.18 Å². The van der Waals surface area contributed by atoms with E-state index >= 15 is 0 Å². The fourth-order valence-corrected chi connectivity index (χ4v) is 4.29. The summed E-state index contributed by atoms with van der Waals surface area (Å²) in [4.78, 5) is 31.7. The number of imidazole rings is 1. The van der Waals surface area contributed by atoms with Crippen LogP contribution in [0.2, 0.25) is 0 Å². The molecule has 1 amide bonds. The molecule has 0 bridgehead atoms. The predicted octanol–water partition coefficient (Wildman–Crippen LogP) is 4.86. The molecule has 2 aromatic carbocycles. The Morgan fingerprint density at radius 3 is 2.91 bits per heavy atom. The number of amides is 1. The summed E-state index contributed by atoms with van der Waals surface area (Å²) in [5.74, 6) is 1.13. The molecule has 0 saturated carbocycles. The first kappa shape index (κ1) is 20.6. The van der Waals surface area contributed by atoms with Crippen LogP contribution < -0.4 is 15.4 Å². The highest BCUT2D eigenvalue weighted by Crippen LogP contribution is 2.38. The molecule has 1 unspecified atom stereocenters. The maximum Gasteiger partial charge on any atom is 0.221 e. The average molecular weight is 442 g/mol. The van der Waals surface area contributed by atoms with Gasteiger partial charge >= 0.3 is 0 Å². The summed E-state index contributed by atoms with van der Waals surface area (Å²) in [6.07, 6.45) is 6.79. The maximum atomic E-state index is 11.7. The molecule has 2 N–H and O–H groups in total. The van der Waals surface area contributed by atoms with Crippen molar-refractivity contribution in [3.8, 4) is 17.0 Å². The Hall–Kier alpha value is -4.27. The Morgan fingerprint density at radius 1 is 1.24 bits per heavy atom. The first-order valence-electron chi connectivity index (χ1n) is 10.6. The zero-order valence-electron chi connectivity index (χ0n) is 18.2. The second-order valence-corrected chi connectivity index (χ2v) is 7.91. The molecule has 0 aliphatic heterocycles. The number of anilines is 3. The maximum absolute atomic E-state index is 11.7. The van der Waals surface area contributed by atoms with Crippen molar-refractivity contribution in [2.75, 3.05) is 17.7 Å². The van der Waals surface area contributed by atoms with Crippen LogP contribution in [0.25, 0.3) is 16.9 Å². The summed E-state index contributed by atoms with van der Waals surface area (Å²) in [6.45, 7) is 1.45. The number of hydrogen-bond acceptors (Lipinski definition) is 7. The van der Waals surface area contributed by atoms with E-state index in [2.05, 4.69) is 26.9 Å². The van der Waals surface area contributed by atoms with E-state index in [-0.39, 0.29) is 11.9 Å². The summed E-state index contributed by atoms with van der Waals surface area (Å²) in [5.41, 5.74) is 5.75. The quantitative estimate of drug-likeness (QED) is 0.413. The summed E-state index contributed by atoms with van der Waals surface area (Å²) in [6, 6.07) is 11.2. The Balaban J connectivity index is 1.60. The number of methoxy groups -OCH3 is 1. The Kier molecular flexibility index (Phi) is 5.21. The van der Waals surface area contributed by atoms with Crippen LogP contribution in [0, 0.1) is 4.91 Å². The molecule has 0 radical (unpaired) electrons.